The topological polar surface area (TPSA) is 44.5 Å². The molecule has 0 bridgehead atoms. The normalized spacial score (nSPS) is 15.2. The largest absolute Gasteiger partial charge is 0.486 e. The lowest BCUT2D eigenvalue weighted by Gasteiger charge is -2.21. The molecule has 0 amide bonds. The van der Waals surface area contributed by atoms with E-state index in [2.05, 4.69) is 0 Å². The van der Waals surface area contributed by atoms with Crippen molar-refractivity contribution >= 4 is 0 Å². The van der Waals surface area contributed by atoms with Crippen LogP contribution in [0.1, 0.15) is 22.6 Å². The van der Waals surface area contributed by atoms with Crippen LogP contribution in [0, 0.1) is 0 Å². The van der Waals surface area contributed by atoms with Crippen LogP contribution in [0.5, 0.6) is 11.5 Å². The van der Waals surface area contributed by atoms with Gasteiger partial charge in [-0.2, -0.15) is 13.2 Å². The highest BCUT2D eigenvalue weighted by molar-refractivity contribution is 5.45. The van der Waals surface area contributed by atoms with Gasteiger partial charge in [0, 0.05) is 5.92 Å². The molecule has 1 heterocycles. The predicted octanol–water partition coefficient (Wildman–Crippen LogP) is 3.76. The molecule has 6 heteroatoms. The van der Waals surface area contributed by atoms with E-state index in [9.17, 15) is 13.2 Å². The van der Waals surface area contributed by atoms with Gasteiger partial charge in [-0.25, -0.2) is 0 Å². The molecule has 1 atom stereocenters. The Hall–Kier alpha value is -2.21. The number of fused-ring (bicyclic) bond motifs is 1. The Kier molecular flexibility index (Phi) is 4.66. The summed E-state index contributed by atoms with van der Waals surface area (Å²) in [6.45, 7) is 1.42. The molecule has 24 heavy (non-hydrogen) atoms. The van der Waals surface area contributed by atoms with Crippen molar-refractivity contribution in [1.29, 1.82) is 0 Å². The molecule has 0 spiro atoms. The number of rotatable bonds is 4. The monoisotopic (exact) mass is 337 g/mol. The summed E-state index contributed by atoms with van der Waals surface area (Å²) in [6, 6.07) is 10.9. The molecule has 128 valence electrons. The van der Waals surface area contributed by atoms with Gasteiger partial charge in [-0.3, -0.25) is 0 Å². The van der Waals surface area contributed by atoms with Gasteiger partial charge in [0.15, 0.2) is 11.5 Å². The fourth-order valence-corrected chi connectivity index (χ4v) is 2.77. The van der Waals surface area contributed by atoms with Crippen LogP contribution in [0.2, 0.25) is 0 Å². The van der Waals surface area contributed by atoms with Crippen LogP contribution in [0.25, 0.3) is 0 Å². The van der Waals surface area contributed by atoms with Crippen LogP contribution in [-0.2, 0) is 12.6 Å². The molecule has 2 aromatic rings. The van der Waals surface area contributed by atoms with Crippen molar-refractivity contribution in [3.05, 3.63) is 59.2 Å². The summed E-state index contributed by atoms with van der Waals surface area (Å²) in [5, 5.41) is 0. The van der Waals surface area contributed by atoms with E-state index < -0.39 is 11.7 Å². The Morgan fingerprint density at radius 3 is 2.25 bits per heavy atom. The smallest absolute Gasteiger partial charge is 0.416 e. The molecule has 0 aliphatic carbocycles. The molecule has 2 N–H and O–H groups in total. The van der Waals surface area contributed by atoms with Gasteiger partial charge in [-0.05, 0) is 48.4 Å². The summed E-state index contributed by atoms with van der Waals surface area (Å²) in [6.07, 6.45) is -3.75. The van der Waals surface area contributed by atoms with Crippen LogP contribution in [0.3, 0.4) is 0 Å². The SMILES string of the molecule is NCC(Cc1ccc(C(F)(F)F)cc1)c1ccc2c(c1)OCCO2. The Labute approximate surface area is 138 Å². The number of hydrogen-bond donors (Lipinski definition) is 1. The van der Waals surface area contributed by atoms with E-state index >= 15 is 0 Å². The van der Waals surface area contributed by atoms with E-state index in [4.69, 9.17) is 15.2 Å². The Balaban J connectivity index is 1.77. The standard InChI is InChI=1S/C18H18F3NO2/c19-18(20,21)15-4-1-12(2-5-15)9-14(11-22)13-3-6-16-17(10-13)24-8-7-23-16/h1-6,10,14H,7-9,11,22H2. The zero-order chi connectivity index (χ0) is 17.2. The first-order valence-electron chi connectivity index (χ1n) is 7.73. The molecule has 0 aromatic heterocycles. The third-order valence-electron chi connectivity index (χ3n) is 4.09. The highest BCUT2D eigenvalue weighted by Gasteiger charge is 2.30. The number of nitrogens with two attached hydrogens (primary N) is 1. The van der Waals surface area contributed by atoms with Gasteiger partial charge >= 0.3 is 6.18 Å². The Morgan fingerprint density at radius 1 is 0.958 bits per heavy atom. The summed E-state index contributed by atoms with van der Waals surface area (Å²) >= 11 is 0. The van der Waals surface area contributed by atoms with Crippen molar-refractivity contribution < 1.29 is 22.6 Å². The minimum atomic E-state index is -4.32. The molecular weight excluding hydrogens is 319 g/mol. The van der Waals surface area contributed by atoms with Crippen molar-refractivity contribution in [3.8, 4) is 11.5 Å². The average Bonchev–Trinajstić information content (AvgIpc) is 2.59. The summed E-state index contributed by atoms with van der Waals surface area (Å²) in [4.78, 5) is 0. The molecule has 1 aliphatic heterocycles. The molecule has 2 aromatic carbocycles. The first kappa shape index (κ1) is 16.6. The number of hydrogen-bond acceptors (Lipinski definition) is 3. The van der Waals surface area contributed by atoms with E-state index in [-0.39, 0.29) is 5.92 Å². The van der Waals surface area contributed by atoms with E-state index in [1.54, 1.807) is 0 Å². The van der Waals surface area contributed by atoms with E-state index in [0.717, 1.165) is 23.3 Å². The molecular formula is C18H18F3NO2. The van der Waals surface area contributed by atoms with Gasteiger partial charge in [0.1, 0.15) is 13.2 Å². The average molecular weight is 337 g/mol. The van der Waals surface area contributed by atoms with Crippen molar-refractivity contribution in [2.45, 2.75) is 18.5 Å². The molecule has 0 fully saturated rings. The minimum absolute atomic E-state index is 0.00226. The molecule has 0 saturated carbocycles. The van der Waals surface area contributed by atoms with Crippen LogP contribution in [-0.4, -0.2) is 19.8 Å². The summed E-state index contributed by atoms with van der Waals surface area (Å²) in [5.41, 5.74) is 7.03. The van der Waals surface area contributed by atoms with Gasteiger partial charge in [-0.1, -0.05) is 18.2 Å². The van der Waals surface area contributed by atoms with Crippen LogP contribution in [0.4, 0.5) is 13.2 Å². The van der Waals surface area contributed by atoms with E-state index in [0.29, 0.717) is 37.7 Å². The Bertz CT molecular complexity index is 698. The highest BCUT2D eigenvalue weighted by atomic mass is 19.4. The maximum Gasteiger partial charge on any atom is 0.416 e. The predicted molar refractivity (Wildman–Crippen MR) is 84.4 cm³/mol. The van der Waals surface area contributed by atoms with Gasteiger partial charge in [0.25, 0.3) is 0 Å². The molecule has 1 unspecified atom stereocenters. The van der Waals surface area contributed by atoms with Crippen LogP contribution < -0.4 is 15.2 Å². The third kappa shape index (κ3) is 3.64. The second-order valence-electron chi connectivity index (χ2n) is 5.73. The van der Waals surface area contributed by atoms with E-state index in [1.807, 2.05) is 18.2 Å². The first-order valence-corrected chi connectivity index (χ1v) is 7.73. The van der Waals surface area contributed by atoms with Gasteiger partial charge in [0.2, 0.25) is 0 Å². The number of halogens is 3. The lowest BCUT2D eigenvalue weighted by Crippen LogP contribution is -2.18. The fraction of sp³-hybridized carbons (Fsp3) is 0.333. The maximum absolute atomic E-state index is 12.6. The lowest BCUT2D eigenvalue weighted by molar-refractivity contribution is -0.137. The van der Waals surface area contributed by atoms with Crippen LogP contribution >= 0.6 is 0 Å². The van der Waals surface area contributed by atoms with Gasteiger partial charge in [-0.15, -0.1) is 0 Å². The summed E-state index contributed by atoms with van der Waals surface area (Å²) in [7, 11) is 0. The van der Waals surface area contributed by atoms with E-state index in [1.165, 1.54) is 12.1 Å². The van der Waals surface area contributed by atoms with Crippen LogP contribution in [0.15, 0.2) is 42.5 Å². The van der Waals surface area contributed by atoms with Gasteiger partial charge < -0.3 is 15.2 Å². The summed E-state index contributed by atoms with van der Waals surface area (Å²) < 4.78 is 48.9. The zero-order valence-electron chi connectivity index (χ0n) is 13.0. The maximum atomic E-state index is 12.6. The molecule has 1 aliphatic rings. The fourth-order valence-electron chi connectivity index (χ4n) is 2.77. The number of ether oxygens (including phenoxy) is 2. The quantitative estimate of drug-likeness (QED) is 0.924. The second kappa shape index (κ2) is 6.73. The molecule has 0 saturated heterocycles. The highest BCUT2D eigenvalue weighted by Crippen LogP contribution is 2.34. The number of benzene rings is 2. The van der Waals surface area contributed by atoms with Gasteiger partial charge in [0.05, 0.1) is 5.56 Å². The van der Waals surface area contributed by atoms with Crippen molar-refractivity contribution in [2.75, 3.05) is 19.8 Å². The van der Waals surface area contributed by atoms with Crippen molar-refractivity contribution in [2.24, 2.45) is 5.73 Å². The molecule has 3 rings (SSSR count). The van der Waals surface area contributed by atoms with Crippen molar-refractivity contribution in [3.63, 3.8) is 0 Å². The molecule has 3 nitrogen and oxygen atoms in total. The first-order chi connectivity index (χ1) is 11.5. The molecule has 0 radical (unpaired) electrons. The summed E-state index contributed by atoms with van der Waals surface area (Å²) in [5.74, 6) is 1.39. The Morgan fingerprint density at radius 2 is 1.62 bits per heavy atom. The third-order valence-corrected chi connectivity index (χ3v) is 4.09. The zero-order valence-corrected chi connectivity index (χ0v) is 13.0. The lowest BCUT2D eigenvalue weighted by atomic mass is 9.91. The minimum Gasteiger partial charge on any atom is -0.486 e. The second-order valence-corrected chi connectivity index (χ2v) is 5.73. The van der Waals surface area contributed by atoms with Crippen molar-refractivity contribution in [1.82, 2.24) is 0 Å². The number of alkyl halides is 3.